The summed E-state index contributed by atoms with van der Waals surface area (Å²) in [6, 6.07) is 0. The van der Waals surface area contributed by atoms with E-state index in [9.17, 15) is 4.79 Å². The number of nitrogen functional groups attached to an aromatic ring is 1. The van der Waals surface area contributed by atoms with Gasteiger partial charge in [-0.25, -0.2) is 4.98 Å². The summed E-state index contributed by atoms with van der Waals surface area (Å²) in [5.41, 5.74) is 6.50. The number of aryl methyl sites for hydroxylation is 1. The fraction of sp³-hybridized carbons (Fsp3) is 0.556. The second-order valence-electron chi connectivity index (χ2n) is 2.96. The molecule has 78 valence electrons. The Morgan fingerprint density at radius 2 is 2.43 bits per heavy atom. The van der Waals surface area contributed by atoms with Crippen LogP contribution in [0.25, 0.3) is 0 Å². The number of carbonyl (C=O) groups is 1. The van der Waals surface area contributed by atoms with Gasteiger partial charge in [0.15, 0.2) is 5.13 Å². The third kappa shape index (κ3) is 3.74. The molecule has 0 atom stereocenters. The maximum atomic E-state index is 10.8. The van der Waals surface area contributed by atoms with Crippen molar-refractivity contribution < 1.29 is 9.53 Å². The van der Waals surface area contributed by atoms with Gasteiger partial charge in [-0.1, -0.05) is 0 Å². The molecule has 0 spiro atoms. The molecule has 0 radical (unpaired) electrons. The fourth-order valence-corrected chi connectivity index (χ4v) is 1.71. The lowest BCUT2D eigenvalue weighted by molar-refractivity contribution is -0.140. The Bertz CT molecular complexity index is 299. The highest BCUT2D eigenvalue weighted by molar-refractivity contribution is 7.13. The molecule has 0 saturated carbocycles. The highest BCUT2D eigenvalue weighted by Gasteiger charge is 2.01. The number of aromatic nitrogens is 1. The Hall–Kier alpha value is -1.10. The van der Waals surface area contributed by atoms with E-state index in [1.54, 1.807) is 0 Å². The summed E-state index contributed by atoms with van der Waals surface area (Å²) in [6.45, 7) is 0. The van der Waals surface area contributed by atoms with Gasteiger partial charge in [0.25, 0.3) is 0 Å². The third-order valence-corrected chi connectivity index (χ3v) is 2.58. The van der Waals surface area contributed by atoms with Crippen LogP contribution < -0.4 is 5.73 Å². The molecular weight excluding hydrogens is 200 g/mol. The number of rotatable bonds is 5. The van der Waals surface area contributed by atoms with Crippen molar-refractivity contribution >= 4 is 22.4 Å². The lowest BCUT2D eigenvalue weighted by Gasteiger charge is -1.97. The van der Waals surface area contributed by atoms with Gasteiger partial charge in [0.2, 0.25) is 0 Å². The maximum Gasteiger partial charge on any atom is 0.305 e. The summed E-state index contributed by atoms with van der Waals surface area (Å²) in [5, 5.41) is 2.56. The first-order chi connectivity index (χ1) is 6.72. The van der Waals surface area contributed by atoms with Crippen LogP contribution in [0.3, 0.4) is 0 Å². The average Bonchev–Trinajstić information content (AvgIpc) is 2.58. The van der Waals surface area contributed by atoms with Gasteiger partial charge in [-0.05, 0) is 19.3 Å². The molecule has 0 amide bonds. The van der Waals surface area contributed by atoms with Gasteiger partial charge < -0.3 is 10.5 Å². The quantitative estimate of drug-likeness (QED) is 0.597. The summed E-state index contributed by atoms with van der Waals surface area (Å²) in [6.07, 6.45) is 3.14. The van der Waals surface area contributed by atoms with Crippen LogP contribution in [0.2, 0.25) is 0 Å². The maximum absolute atomic E-state index is 10.8. The van der Waals surface area contributed by atoms with E-state index in [2.05, 4.69) is 9.72 Å². The molecular formula is C9H14N2O2S. The van der Waals surface area contributed by atoms with Crippen LogP contribution in [0.4, 0.5) is 5.13 Å². The molecule has 0 fully saturated rings. The zero-order valence-electron chi connectivity index (χ0n) is 8.16. The number of unbranched alkanes of at least 4 members (excludes halogenated alkanes) is 1. The molecule has 14 heavy (non-hydrogen) atoms. The summed E-state index contributed by atoms with van der Waals surface area (Å²) in [4.78, 5) is 14.9. The van der Waals surface area contributed by atoms with E-state index >= 15 is 0 Å². The summed E-state index contributed by atoms with van der Waals surface area (Å²) in [5.74, 6) is -0.150. The van der Waals surface area contributed by atoms with E-state index < -0.39 is 0 Å². The topological polar surface area (TPSA) is 65.2 Å². The van der Waals surface area contributed by atoms with E-state index in [4.69, 9.17) is 5.73 Å². The van der Waals surface area contributed by atoms with E-state index in [0.29, 0.717) is 11.6 Å². The molecule has 0 aliphatic heterocycles. The van der Waals surface area contributed by atoms with Crippen molar-refractivity contribution in [2.75, 3.05) is 12.8 Å². The number of hydrogen-bond donors (Lipinski definition) is 1. The molecule has 4 nitrogen and oxygen atoms in total. The van der Waals surface area contributed by atoms with Crippen molar-refractivity contribution in [3.8, 4) is 0 Å². The van der Waals surface area contributed by atoms with Crippen molar-refractivity contribution in [1.82, 2.24) is 4.98 Å². The predicted molar refractivity (Wildman–Crippen MR) is 56.1 cm³/mol. The van der Waals surface area contributed by atoms with Gasteiger partial charge in [0, 0.05) is 11.8 Å². The minimum atomic E-state index is -0.150. The minimum absolute atomic E-state index is 0.150. The number of nitrogens with zero attached hydrogens (tertiary/aromatic N) is 1. The Morgan fingerprint density at radius 3 is 3.00 bits per heavy atom. The Labute approximate surface area is 87.1 Å². The molecule has 1 rings (SSSR count). The largest absolute Gasteiger partial charge is 0.469 e. The molecule has 0 saturated heterocycles. The molecule has 1 heterocycles. The zero-order chi connectivity index (χ0) is 10.4. The van der Waals surface area contributed by atoms with Gasteiger partial charge in [-0.15, -0.1) is 11.3 Å². The number of methoxy groups -OCH3 is 1. The van der Waals surface area contributed by atoms with Crippen LogP contribution in [0.5, 0.6) is 0 Å². The number of carbonyl (C=O) groups excluding carboxylic acids is 1. The number of thiazole rings is 1. The van der Waals surface area contributed by atoms with Gasteiger partial charge >= 0.3 is 5.97 Å². The van der Waals surface area contributed by atoms with Gasteiger partial charge in [-0.3, -0.25) is 4.79 Å². The lowest BCUT2D eigenvalue weighted by atomic mass is 10.1. The summed E-state index contributed by atoms with van der Waals surface area (Å²) in [7, 11) is 1.41. The van der Waals surface area contributed by atoms with Gasteiger partial charge in [0.05, 0.1) is 12.8 Å². The fourth-order valence-electron chi connectivity index (χ4n) is 1.11. The van der Waals surface area contributed by atoms with Crippen molar-refractivity contribution in [1.29, 1.82) is 0 Å². The SMILES string of the molecule is COC(=O)CCCCc1csc(N)n1. The zero-order valence-corrected chi connectivity index (χ0v) is 8.97. The molecule has 1 aromatic rings. The summed E-state index contributed by atoms with van der Waals surface area (Å²) >= 11 is 1.45. The van der Waals surface area contributed by atoms with Crippen LogP contribution >= 0.6 is 11.3 Å². The van der Waals surface area contributed by atoms with E-state index in [0.717, 1.165) is 25.0 Å². The van der Waals surface area contributed by atoms with Crippen molar-refractivity contribution in [2.45, 2.75) is 25.7 Å². The van der Waals surface area contributed by atoms with Crippen LogP contribution in [0.15, 0.2) is 5.38 Å². The summed E-state index contributed by atoms with van der Waals surface area (Å²) < 4.78 is 4.53. The highest BCUT2D eigenvalue weighted by atomic mass is 32.1. The predicted octanol–water partition coefficient (Wildman–Crippen LogP) is 1.61. The smallest absolute Gasteiger partial charge is 0.305 e. The first-order valence-corrected chi connectivity index (χ1v) is 5.37. The molecule has 0 aliphatic rings. The average molecular weight is 214 g/mol. The first-order valence-electron chi connectivity index (χ1n) is 4.49. The minimum Gasteiger partial charge on any atom is -0.469 e. The van der Waals surface area contributed by atoms with Crippen LogP contribution in [0.1, 0.15) is 25.0 Å². The van der Waals surface area contributed by atoms with Crippen molar-refractivity contribution in [3.05, 3.63) is 11.1 Å². The van der Waals surface area contributed by atoms with Crippen LogP contribution in [0, 0.1) is 0 Å². The molecule has 0 aromatic carbocycles. The van der Waals surface area contributed by atoms with Crippen molar-refractivity contribution in [2.24, 2.45) is 0 Å². The molecule has 0 unspecified atom stereocenters. The molecule has 2 N–H and O–H groups in total. The Kier molecular flexibility index (Phi) is 4.39. The Balaban J connectivity index is 2.13. The van der Waals surface area contributed by atoms with Crippen molar-refractivity contribution in [3.63, 3.8) is 0 Å². The number of esters is 1. The first kappa shape index (κ1) is 11.0. The second kappa shape index (κ2) is 5.59. The normalized spacial score (nSPS) is 10.1. The third-order valence-electron chi connectivity index (χ3n) is 1.86. The standard InChI is InChI=1S/C9H14N2O2S/c1-13-8(12)5-3-2-4-7-6-14-9(10)11-7/h6H,2-5H2,1H3,(H2,10,11). The number of nitrogens with two attached hydrogens (primary N) is 1. The monoisotopic (exact) mass is 214 g/mol. The number of anilines is 1. The van der Waals surface area contributed by atoms with E-state index in [1.165, 1.54) is 18.4 Å². The van der Waals surface area contributed by atoms with E-state index in [1.807, 2.05) is 5.38 Å². The van der Waals surface area contributed by atoms with E-state index in [-0.39, 0.29) is 5.97 Å². The molecule has 0 bridgehead atoms. The van der Waals surface area contributed by atoms with Crippen LogP contribution in [-0.2, 0) is 16.0 Å². The van der Waals surface area contributed by atoms with Gasteiger partial charge in [0.1, 0.15) is 0 Å². The molecule has 5 heteroatoms. The number of hydrogen-bond acceptors (Lipinski definition) is 5. The van der Waals surface area contributed by atoms with Gasteiger partial charge in [-0.2, -0.15) is 0 Å². The highest BCUT2D eigenvalue weighted by Crippen LogP contribution is 2.13. The Morgan fingerprint density at radius 1 is 1.64 bits per heavy atom. The molecule has 0 aliphatic carbocycles. The lowest BCUT2D eigenvalue weighted by Crippen LogP contribution is -1.99. The molecule has 1 aromatic heterocycles. The van der Waals surface area contributed by atoms with Crippen LogP contribution in [-0.4, -0.2) is 18.1 Å². The number of ether oxygens (including phenoxy) is 1. The second-order valence-corrected chi connectivity index (χ2v) is 3.85.